The maximum absolute atomic E-state index is 10.3. The first-order chi connectivity index (χ1) is 15.6. The highest BCUT2D eigenvalue weighted by Crippen LogP contribution is 2.31. The summed E-state index contributed by atoms with van der Waals surface area (Å²) in [6.07, 6.45) is 0.606. The Bertz CT molecular complexity index is 534. The van der Waals surface area contributed by atoms with Gasteiger partial charge in [0, 0.05) is 22.7 Å². The lowest BCUT2D eigenvalue weighted by Gasteiger charge is -2.52. The van der Waals surface area contributed by atoms with Gasteiger partial charge in [0.2, 0.25) is 0 Å². The van der Waals surface area contributed by atoms with Crippen molar-refractivity contribution in [1.29, 1.82) is 0 Å². The van der Waals surface area contributed by atoms with Crippen LogP contribution in [0.25, 0.3) is 0 Å². The highest BCUT2D eigenvalue weighted by molar-refractivity contribution is 6.99. The van der Waals surface area contributed by atoms with E-state index in [1.807, 2.05) is 0 Å². The molecule has 0 aromatic rings. The lowest BCUT2D eigenvalue weighted by molar-refractivity contribution is -0.211. The van der Waals surface area contributed by atoms with E-state index < -0.39 is 44.9 Å². The molecule has 0 saturated heterocycles. The van der Waals surface area contributed by atoms with E-state index in [9.17, 15) is 10.2 Å². The molecule has 2 unspecified atom stereocenters. The van der Waals surface area contributed by atoms with Gasteiger partial charge in [0.1, 0.15) is 0 Å². The first kappa shape index (κ1) is 35.6. The molecule has 0 spiro atoms. The zero-order chi connectivity index (χ0) is 27.9. The number of nitrogens with one attached hydrogen (secondary N) is 2. The largest absolute Gasteiger partial charge is 0.368 e. The summed E-state index contributed by atoms with van der Waals surface area (Å²) in [5, 5.41) is 28.3. The average molecular weight is 567 g/mol. The molecule has 0 saturated carbocycles. The fraction of sp³-hybridized carbons (Fsp3) is 1.00. The zero-order valence-corrected chi connectivity index (χ0v) is 29.3. The van der Waals surface area contributed by atoms with Crippen molar-refractivity contribution in [2.24, 2.45) is 11.5 Å². The fourth-order valence-electron chi connectivity index (χ4n) is 6.15. The van der Waals surface area contributed by atoms with Gasteiger partial charge in [0.05, 0.1) is 32.3 Å². The molecule has 7 nitrogen and oxygen atoms in total. The summed E-state index contributed by atoms with van der Waals surface area (Å²) in [6.45, 7) is 31.6. The lowest BCUT2D eigenvalue weighted by atomic mass is 10.2. The molecule has 2 atom stereocenters. The van der Waals surface area contributed by atoms with Crippen LogP contribution in [0, 0.1) is 0 Å². The van der Waals surface area contributed by atoms with E-state index in [-0.39, 0.29) is 9.57 Å². The molecule has 0 aromatic carbocycles. The van der Waals surface area contributed by atoms with E-state index in [4.69, 9.17) is 16.2 Å². The summed E-state index contributed by atoms with van der Waals surface area (Å²) in [4.78, 5) is 0.0891. The molecule has 212 valence electrons. The Kier molecular flexibility index (Phi) is 13.8. The van der Waals surface area contributed by atoms with Crippen molar-refractivity contribution in [3.8, 4) is 0 Å². The molecule has 0 aliphatic carbocycles. The third-order valence-corrected chi connectivity index (χ3v) is 28.9. The molecule has 0 bridgehead atoms. The second-order valence-electron chi connectivity index (χ2n) is 14.4. The van der Waals surface area contributed by atoms with Crippen molar-refractivity contribution in [3.05, 3.63) is 0 Å². The van der Waals surface area contributed by atoms with Gasteiger partial charge >= 0.3 is 0 Å². The van der Waals surface area contributed by atoms with Crippen LogP contribution < -0.4 is 22.1 Å². The predicted octanol–water partition coefficient (Wildman–Crippen LogP) is 3.28. The number of nitrogens with two attached hydrogens (primary N) is 2. The molecule has 0 rings (SSSR count). The number of aliphatic hydroxyl groups is 2. The van der Waals surface area contributed by atoms with E-state index in [0.717, 1.165) is 25.9 Å². The minimum atomic E-state index is -1.55. The Morgan fingerprint density at radius 2 is 0.857 bits per heavy atom. The third-order valence-electron chi connectivity index (χ3n) is 8.16. The lowest BCUT2D eigenvalue weighted by Crippen LogP contribution is -2.77. The van der Waals surface area contributed by atoms with Gasteiger partial charge in [0.15, 0.2) is 12.6 Å². The van der Waals surface area contributed by atoms with E-state index in [0.29, 0.717) is 25.9 Å². The average Bonchev–Trinajstić information content (AvgIpc) is 2.64. The van der Waals surface area contributed by atoms with Gasteiger partial charge in [-0.25, -0.2) is 0 Å². The molecule has 0 heterocycles. The number of aliphatic hydroxyl groups excluding tert-OH is 2. The van der Waals surface area contributed by atoms with Crippen molar-refractivity contribution in [2.45, 2.75) is 126 Å². The van der Waals surface area contributed by atoms with Crippen molar-refractivity contribution < 1.29 is 14.9 Å². The van der Waals surface area contributed by atoms with Crippen LogP contribution in [0.15, 0.2) is 0 Å². The molecule has 35 heavy (non-hydrogen) atoms. The Labute approximate surface area is 221 Å². The number of hydrogen-bond donors (Lipinski definition) is 6. The Morgan fingerprint density at radius 3 is 1.06 bits per heavy atom. The molecule has 0 fully saturated rings. The highest BCUT2D eigenvalue weighted by atomic mass is 28.4. The molecular formula is C24H62N4O3Si4. The second-order valence-corrected chi connectivity index (χ2v) is 36.8. The molecule has 8 N–H and O–H groups in total. The summed E-state index contributed by atoms with van der Waals surface area (Å²) < 4.78 is 5.48. The van der Waals surface area contributed by atoms with Crippen LogP contribution in [-0.2, 0) is 4.74 Å². The second kappa shape index (κ2) is 13.6. The van der Waals surface area contributed by atoms with E-state index >= 15 is 0 Å². The summed E-state index contributed by atoms with van der Waals surface area (Å²) in [6, 6.07) is 0. The summed E-state index contributed by atoms with van der Waals surface area (Å²) in [5.41, 5.74) is 12.6. The van der Waals surface area contributed by atoms with E-state index in [1.54, 1.807) is 0 Å². The van der Waals surface area contributed by atoms with Gasteiger partial charge in [-0.3, -0.25) is 0 Å². The highest BCUT2D eigenvalue weighted by Gasteiger charge is 2.52. The Hall–Kier alpha value is 0.588. The number of hydrogen-bond acceptors (Lipinski definition) is 7. The number of rotatable bonds is 18. The van der Waals surface area contributed by atoms with Crippen LogP contribution in [0.3, 0.4) is 0 Å². The van der Waals surface area contributed by atoms with Crippen molar-refractivity contribution >= 4 is 32.3 Å². The topological polar surface area (TPSA) is 126 Å². The number of ether oxygens (including phenoxy) is 1. The molecule has 0 aliphatic rings. The molecule has 0 aliphatic heterocycles. The van der Waals surface area contributed by atoms with Crippen LogP contribution in [0.2, 0.25) is 78.6 Å². The van der Waals surface area contributed by atoms with Crippen LogP contribution in [0.4, 0.5) is 0 Å². The fourth-order valence-corrected chi connectivity index (χ4v) is 29.2. The van der Waals surface area contributed by atoms with Crippen molar-refractivity contribution in [2.75, 3.05) is 26.2 Å². The zero-order valence-electron chi connectivity index (χ0n) is 25.3. The maximum atomic E-state index is 10.3. The third kappa shape index (κ3) is 9.38. The predicted molar refractivity (Wildman–Crippen MR) is 165 cm³/mol. The van der Waals surface area contributed by atoms with E-state index in [2.05, 4.69) is 89.2 Å². The van der Waals surface area contributed by atoms with Crippen LogP contribution in [0.5, 0.6) is 0 Å². The standard InChI is InChI=1S/C24H62N4O3Si4/c1-32(2,3)23(19-25,33(4,5)6)27-17-13-15-21(29)31-22(30)16-14-18-28-24(20-26,34(7,8)9)35(10,11)12/h21-22,27-30H,13-20,25-26H2,1-12H3. The van der Waals surface area contributed by atoms with Gasteiger partial charge in [0.25, 0.3) is 0 Å². The molecule has 0 radical (unpaired) electrons. The molecule has 0 aromatic heterocycles. The maximum Gasteiger partial charge on any atom is 0.157 e. The monoisotopic (exact) mass is 566 g/mol. The molecular weight excluding hydrogens is 505 g/mol. The normalized spacial score (nSPS) is 16.5. The van der Waals surface area contributed by atoms with Crippen molar-refractivity contribution in [3.63, 3.8) is 0 Å². The quantitative estimate of drug-likeness (QED) is 0.0854. The van der Waals surface area contributed by atoms with Gasteiger partial charge in [-0.05, 0) is 38.8 Å². The summed E-state index contributed by atoms with van der Waals surface area (Å²) >= 11 is 0. The van der Waals surface area contributed by atoms with Gasteiger partial charge in [-0.2, -0.15) is 0 Å². The SMILES string of the molecule is C[Si](C)(C)C(CN)(NCCCC(O)OC(O)CCCNC(CN)([Si](C)(C)C)[Si](C)(C)C)[Si](C)(C)C. The van der Waals surface area contributed by atoms with Gasteiger partial charge < -0.3 is 37.1 Å². The van der Waals surface area contributed by atoms with Crippen LogP contribution >= 0.6 is 0 Å². The Balaban J connectivity index is 4.64. The molecule has 11 heteroatoms. The summed E-state index contributed by atoms with van der Waals surface area (Å²) in [7, 11) is -6.21. The van der Waals surface area contributed by atoms with Gasteiger partial charge in [-0.15, -0.1) is 0 Å². The first-order valence-corrected chi connectivity index (χ1v) is 27.5. The first-order valence-electron chi connectivity index (χ1n) is 13.5. The van der Waals surface area contributed by atoms with Gasteiger partial charge in [-0.1, -0.05) is 78.6 Å². The smallest absolute Gasteiger partial charge is 0.157 e. The van der Waals surface area contributed by atoms with Crippen LogP contribution in [0.1, 0.15) is 25.7 Å². The minimum Gasteiger partial charge on any atom is -0.368 e. The van der Waals surface area contributed by atoms with Crippen molar-refractivity contribution in [1.82, 2.24) is 10.6 Å². The summed E-state index contributed by atoms with van der Waals surface area (Å²) in [5.74, 6) is 0. The molecule has 0 amide bonds. The van der Waals surface area contributed by atoms with E-state index in [1.165, 1.54) is 0 Å². The van der Waals surface area contributed by atoms with Crippen LogP contribution in [-0.4, -0.2) is 90.8 Å². The Morgan fingerprint density at radius 1 is 0.600 bits per heavy atom. The minimum absolute atomic E-state index is 0.0445.